The molecule has 0 aliphatic rings. The summed E-state index contributed by atoms with van der Waals surface area (Å²) in [6.07, 6.45) is 0.200. The molecule has 0 fully saturated rings. The van der Waals surface area contributed by atoms with Gasteiger partial charge in [-0.1, -0.05) is 107 Å². The molecule has 2 rings (SSSR count). The van der Waals surface area contributed by atoms with Crippen molar-refractivity contribution in [1.82, 2.24) is 0 Å². The molecular weight excluding hydrogens is 693 g/mol. The van der Waals surface area contributed by atoms with Crippen molar-refractivity contribution >= 4 is 23.4 Å². The summed E-state index contributed by atoms with van der Waals surface area (Å²) in [5, 5.41) is 0. The van der Waals surface area contributed by atoms with Gasteiger partial charge in [-0.15, -0.1) is 0 Å². The first-order valence-electron chi connectivity index (χ1n) is 17.7. The Kier molecular flexibility index (Phi) is 15.3. The molecule has 286 valence electrons. The highest BCUT2D eigenvalue weighted by molar-refractivity contribution is 7.53. The van der Waals surface area contributed by atoms with Gasteiger partial charge in [0.1, 0.15) is 11.5 Å². The van der Waals surface area contributed by atoms with Crippen LogP contribution in [0.2, 0.25) is 0 Å². The van der Waals surface area contributed by atoms with Crippen LogP contribution >= 0.6 is 23.4 Å². The van der Waals surface area contributed by atoms with E-state index in [1.807, 2.05) is 24.3 Å². The van der Waals surface area contributed by atoms with Crippen LogP contribution in [-0.4, -0.2) is 26.4 Å². The summed E-state index contributed by atoms with van der Waals surface area (Å²) < 4.78 is 76.8. The third-order valence-corrected chi connectivity index (χ3v) is 12.8. The molecule has 9 nitrogen and oxygen atoms in total. The first-order chi connectivity index (χ1) is 22.7. The maximum absolute atomic E-state index is 14.2. The Labute approximate surface area is 303 Å². The fourth-order valence-corrected chi connectivity index (χ4v) is 9.85. The zero-order valence-corrected chi connectivity index (χ0v) is 36.4. The lowest BCUT2D eigenvalue weighted by atomic mass is 9.78. The maximum atomic E-state index is 14.2. The van der Waals surface area contributed by atoms with E-state index in [-0.39, 0.29) is 38.8 Å². The van der Waals surface area contributed by atoms with Gasteiger partial charge in [0.25, 0.3) is 0 Å². The first kappa shape index (κ1) is 44.7. The van der Waals surface area contributed by atoms with Crippen molar-refractivity contribution in [2.75, 3.05) is 26.4 Å². The average molecular weight is 759 g/mol. The van der Waals surface area contributed by atoms with Gasteiger partial charge >= 0.3 is 23.4 Å². The van der Waals surface area contributed by atoms with E-state index in [4.69, 9.17) is 27.1 Å². The molecule has 0 bridgehead atoms. The van der Waals surface area contributed by atoms with Crippen LogP contribution in [0.1, 0.15) is 144 Å². The normalized spacial score (nSPS) is 13.6. The molecule has 12 heteroatoms. The van der Waals surface area contributed by atoms with E-state index in [2.05, 4.69) is 83.1 Å². The first-order valence-corrected chi connectivity index (χ1v) is 22.4. The Morgan fingerprint density at radius 1 is 0.480 bits per heavy atom. The van der Waals surface area contributed by atoms with Crippen LogP contribution in [0.15, 0.2) is 24.3 Å². The molecule has 0 atom stereocenters. The SMILES string of the molecule is CCOP(=O)(Cc1cc(C(C)(C)C)c(O[PH](=O)Oc2c(C(C)(C)C)cc(CP(=O)(OCC)OCC)cc2C(C)(C)C)c(C(C)(C)C)c1)OCC. The van der Waals surface area contributed by atoms with Gasteiger partial charge < -0.3 is 27.1 Å². The minimum absolute atomic E-state index is 0.0998. The third kappa shape index (κ3) is 12.3. The van der Waals surface area contributed by atoms with Gasteiger partial charge in [-0.2, -0.15) is 0 Å². The largest absolute Gasteiger partial charge is 0.419 e. The molecular formula is C38H65O9P3. The zero-order chi connectivity index (χ0) is 38.5. The van der Waals surface area contributed by atoms with Crippen molar-refractivity contribution in [3.8, 4) is 11.5 Å². The molecule has 0 aliphatic carbocycles. The van der Waals surface area contributed by atoms with Crippen molar-refractivity contribution < 1.29 is 40.8 Å². The molecule has 0 saturated carbocycles. The molecule has 0 spiro atoms. The highest BCUT2D eigenvalue weighted by Gasteiger charge is 2.35. The van der Waals surface area contributed by atoms with Gasteiger partial charge in [0.05, 0.1) is 38.8 Å². The molecule has 50 heavy (non-hydrogen) atoms. The summed E-state index contributed by atoms with van der Waals surface area (Å²) in [6.45, 7) is 33.0. The number of hydrogen-bond donors (Lipinski definition) is 0. The van der Waals surface area contributed by atoms with Crippen LogP contribution in [0.25, 0.3) is 0 Å². The van der Waals surface area contributed by atoms with Gasteiger partial charge in [0, 0.05) is 22.3 Å². The smallest absolute Gasteiger partial charge is 0.417 e. The molecule has 0 N–H and O–H groups in total. The van der Waals surface area contributed by atoms with Crippen LogP contribution in [0.4, 0.5) is 0 Å². The lowest BCUT2D eigenvalue weighted by Gasteiger charge is -2.32. The fourth-order valence-electron chi connectivity index (χ4n) is 5.69. The van der Waals surface area contributed by atoms with Crippen molar-refractivity contribution in [3.63, 3.8) is 0 Å². The Morgan fingerprint density at radius 2 is 0.700 bits per heavy atom. The monoisotopic (exact) mass is 758 g/mol. The summed E-state index contributed by atoms with van der Waals surface area (Å²) >= 11 is 0. The number of rotatable bonds is 16. The quantitative estimate of drug-likeness (QED) is 0.155. The summed E-state index contributed by atoms with van der Waals surface area (Å²) in [5.74, 6) is 0.974. The van der Waals surface area contributed by atoms with Crippen molar-refractivity contribution in [1.29, 1.82) is 0 Å². The molecule has 0 radical (unpaired) electrons. The van der Waals surface area contributed by atoms with E-state index < -0.39 is 45.1 Å². The van der Waals surface area contributed by atoms with Gasteiger partial charge in [-0.05, 0) is 60.5 Å². The molecule has 2 aromatic carbocycles. The minimum atomic E-state index is -3.40. The molecule has 0 unspecified atom stereocenters. The Morgan fingerprint density at radius 3 is 0.880 bits per heavy atom. The van der Waals surface area contributed by atoms with E-state index in [1.165, 1.54) is 0 Å². The minimum Gasteiger partial charge on any atom is -0.417 e. The highest BCUT2D eigenvalue weighted by Crippen LogP contribution is 2.55. The van der Waals surface area contributed by atoms with Crippen LogP contribution in [0, 0.1) is 0 Å². The molecule has 0 saturated heterocycles. The zero-order valence-electron chi connectivity index (χ0n) is 33.6. The standard InChI is InChI=1S/C38H65O9P3/c1-17-42-49(40,43-18-2)25-27-21-29(35(5,6)7)33(30(22-27)36(8,9)10)46-48(39)47-34-31(37(11,12)13)23-28(24-32(34)38(14,15)16)26-50(41,44-19-3)45-20-4/h21-24,48H,17-20,25-26H2,1-16H3. The number of benzene rings is 2. The second-order valence-electron chi connectivity index (χ2n) is 16.7. The summed E-state index contributed by atoms with van der Waals surface area (Å²) in [5.41, 5.74) is 3.09. The van der Waals surface area contributed by atoms with E-state index in [9.17, 15) is 13.7 Å². The fraction of sp³-hybridized carbons (Fsp3) is 0.684. The predicted octanol–water partition coefficient (Wildman–Crippen LogP) is 12.3. The topological polar surface area (TPSA) is 107 Å². The van der Waals surface area contributed by atoms with E-state index in [0.29, 0.717) is 11.5 Å². The van der Waals surface area contributed by atoms with Crippen molar-refractivity contribution in [2.45, 2.75) is 145 Å². The average Bonchev–Trinajstić information content (AvgIpc) is 2.92. The lowest BCUT2D eigenvalue weighted by Crippen LogP contribution is -2.21. The maximum Gasteiger partial charge on any atom is 0.419 e. The van der Waals surface area contributed by atoms with Gasteiger partial charge in [0.2, 0.25) is 0 Å². The van der Waals surface area contributed by atoms with E-state index in [1.54, 1.807) is 27.7 Å². The molecule has 0 aliphatic heterocycles. The van der Waals surface area contributed by atoms with E-state index >= 15 is 0 Å². The highest BCUT2D eigenvalue weighted by atomic mass is 31.2. The molecule has 0 heterocycles. The summed E-state index contributed by atoms with van der Waals surface area (Å²) in [6, 6.07) is 7.82. The second kappa shape index (κ2) is 17.1. The van der Waals surface area contributed by atoms with Crippen LogP contribution < -0.4 is 9.05 Å². The van der Waals surface area contributed by atoms with Crippen LogP contribution in [0.3, 0.4) is 0 Å². The third-order valence-electron chi connectivity index (χ3n) is 7.96. The van der Waals surface area contributed by atoms with E-state index in [0.717, 1.165) is 33.4 Å². The lowest BCUT2D eigenvalue weighted by molar-refractivity contribution is 0.218. The summed E-state index contributed by atoms with van der Waals surface area (Å²) in [7, 11) is -10.0. The molecule has 0 amide bonds. The second-order valence-corrected chi connectivity index (χ2v) is 21.7. The van der Waals surface area contributed by atoms with Crippen molar-refractivity contribution in [2.24, 2.45) is 0 Å². The molecule has 0 aromatic heterocycles. The van der Waals surface area contributed by atoms with Gasteiger partial charge in [-0.3, -0.25) is 9.13 Å². The van der Waals surface area contributed by atoms with Crippen LogP contribution in [-0.2, 0) is 65.8 Å². The summed E-state index contributed by atoms with van der Waals surface area (Å²) in [4.78, 5) is 0. The van der Waals surface area contributed by atoms with Crippen LogP contribution in [0.5, 0.6) is 11.5 Å². The Hall–Kier alpha value is -1.43. The Balaban J connectivity index is 2.78. The van der Waals surface area contributed by atoms with Crippen molar-refractivity contribution in [3.05, 3.63) is 57.6 Å². The van der Waals surface area contributed by atoms with Gasteiger partial charge in [0.15, 0.2) is 0 Å². The predicted molar refractivity (Wildman–Crippen MR) is 207 cm³/mol. The molecule has 2 aromatic rings. The number of hydrogen-bond acceptors (Lipinski definition) is 9. The Bertz CT molecular complexity index is 1370. The van der Waals surface area contributed by atoms with Gasteiger partial charge in [-0.25, -0.2) is 4.57 Å².